The van der Waals surface area contributed by atoms with E-state index >= 15 is 0 Å². The molecule has 0 radical (unpaired) electrons. The summed E-state index contributed by atoms with van der Waals surface area (Å²) < 4.78 is 4.97. The second-order valence-corrected chi connectivity index (χ2v) is 5.45. The smallest absolute Gasteiger partial charge is 0.350 e. The fourth-order valence-corrected chi connectivity index (χ4v) is 2.77. The van der Waals surface area contributed by atoms with Gasteiger partial charge in [-0.3, -0.25) is 0 Å². The van der Waals surface area contributed by atoms with E-state index < -0.39 is 5.97 Å². The summed E-state index contributed by atoms with van der Waals surface area (Å²) in [6.07, 6.45) is 0. The predicted molar refractivity (Wildman–Crippen MR) is 77.9 cm³/mol. The van der Waals surface area contributed by atoms with Crippen LogP contribution in [0, 0.1) is 0 Å². The summed E-state index contributed by atoms with van der Waals surface area (Å²) in [6.45, 7) is 2.02. The minimum absolute atomic E-state index is 0.282. The number of halogens is 2. The molecule has 0 spiro atoms. The van der Waals surface area contributed by atoms with Crippen molar-refractivity contribution in [2.45, 2.75) is 6.92 Å². The normalized spacial score (nSPS) is 10.5. The molecule has 0 saturated carbocycles. The van der Waals surface area contributed by atoms with Gasteiger partial charge in [0.05, 0.1) is 17.3 Å². The molecule has 7 heteroatoms. The first-order chi connectivity index (χ1) is 9.02. The van der Waals surface area contributed by atoms with Gasteiger partial charge in [-0.2, -0.15) is 0 Å². The molecule has 4 nitrogen and oxygen atoms in total. The molecule has 0 unspecified atom stereocenters. The Hall–Kier alpha value is -1.30. The summed E-state index contributed by atoms with van der Waals surface area (Å²) in [5.74, 6) is -0.460. The molecule has 0 aliphatic rings. The molecule has 0 bridgehead atoms. The van der Waals surface area contributed by atoms with Crippen LogP contribution < -0.4 is 5.73 Å². The quantitative estimate of drug-likeness (QED) is 0.873. The number of rotatable bonds is 3. The zero-order valence-corrected chi connectivity index (χ0v) is 12.3. The van der Waals surface area contributed by atoms with Crippen LogP contribution in [-0.4, -0.2) is 17.6 Å². The molecule has 2 rings (SSSR count). The average Bonchev–Trinajstić information content (AvgIpc) is 2.71. The number of aromatic nitrogens is 1. The lowest BCUT2D eigenvalue weighted by atomic mass is 10.1. The van der Waals surface area contributed by atoms with Gasteiger partial charge in [0.25, 0.3) is 0 Å². The molecular weight excluding hydrogens is 307 g/mol. The predicted octanol–water partition coefficient (Wildman–Crippen LogP) is 3.88. The Morgan fingerprint density at radius 2 is 2.21 bits per heavy atom. The number of nitrogens with two attached hydrogens (primary N) is 1. The van der Waals surface area contributed by atoms with E-state index in [1.165, 1.54) is 0 Å². The number of carbonyl (C=O) groups excluding carboxylic acids is 1. The largest absolute Gasteiger partial charge is 0.462 e. The summed E-state index contributed by atoms with van der Waals surface area (Å²) in [4.78, 5) is 16.3. The lowest BCUT2D eigenvalue weighted by Gasteiger charge is -2.04. The molecule has 2 N–H and O–H groups in total. The topological polar surface area (TPSA) is 65.2 Å². The summed E-state index contributed by atoms with van der Waals surface area (Å²) in [6, 6.07) is 4.96. The van der Waals surface area contributed by atoms with Crippen molar-refractivity contribution in [1.29, 1.82) is 0 Å². The van der Waals surface area contributed by atoms with Crippen LogP contribution in [0.5, 0.6) is 0 Å². The summed E-state index contributed by atoms with van der Waals surface area (Å²) >= 11 is 13.0. The van der Waals surface area contributed by atoms with Crippen LogP contribution in [0.4, 0.5) is 5.13 Å². The van der Waals surface area contributed by atoms with Crippen molar-refractivity contribution in [3.63, 3.8) is 0 Å². The van der Waals surface area contributed by atoms with Crippen molar-refractivity contribution in [3.8, 4) is 11.3 Å². The minimum Gasteiger partial charge on any atom is -0.462 e. The number of thiazole rings is 1. The monoisotopic (exact) mass is 316 g/mol. The number of nitrogen functional groups attached to an aromatic ring is 1. The molecule has 1 heterocycles. The SMILES string of the molecule is CCOC(=O)c1sc(N)nc1-c1ccc(Cl)cc1Cl. The minimum atomic E-state index is -0.460. The van der Waals surface area contributed by atoms with Gasteiger partial charge in [0.2, 0.25) is 0 Å². The van der Waals surface area contributed by atoms with Crippen LogP contribution in [0.3, 0.4) is 0 Å². The van der Waals surface area contributed by atoms with E-state index in [9.17, 15) is 4.79 Å². The lowest BCUT2D eigenvalue weighted by Crippen LogP contribution is -2.04. The molecule has 2 aromatic rings. The Morgan fingerprint density at radius 3 is 2.84 bits per heavy atom. The Bertz CT molecular complexity index is 628. The number of ether oxygens (including phenoxy) is 1. The Morgan fingerprint density at radius 1 is 1.47 bits per heavy atom. The maximum atomic E-state index is 11.9. The van der Waals surface area contributed by atoms with Crippen LogP contribution >= 0.6 is 34.5 Å². The van der Waals surface area contributed by atoms with E-state index in [1.54, 1.807) is 25.1 Å². The first-order valence-electron chi connectivity index (χ1n) is 5.41. The Labute approximate surface area is 124 Å². The van der Waals surface area contributed by atoms with Crippen LogP contribution in [0.2, 0.25) is 10.0 Å². The first-order valence-corrected chi connectivity index (χ1v) is 6.99. The average molecular weight is 317 g/mol. The number of benzene rings is 1. The molecule has 0 aliphatic heterocycles. The van der Waals surface area contributed by atoms with Gasteiger partial charge in [-0.25, -0.2) is 9.78 Å². The highest BCUT2D eigenvalue weighted by Crippen LogP contribution is 2.35. The zero-order chi connectivity index (χ0) is 14.0. The van der Waals surface area contributed by atoms with E-state index in [4.69, 9.17) is 33.7 Å². The lowest BCUT2D eigenvalue weighted by molar-refractivity contribution is 0.0532. The molecule has 1 aromatic carbocycles. The van der Waals surface area contributed by atoms with Gasteiger partial charge in [-0.1, -0.05) is 34.5 Å². The summed E-state index contributed by atoms with van der Waals surface area (Å²) in [5.41, 5.74) is 6.68. The first kappa shape index (κ1) is 14.1. The second-order valence-electron chi connectivity index (χ2n) is 3.57. The van der Waals surface area contributed by atoms with E-state index in [1.807, 2.05) is 0 Å². The van der Waals surface area contributed by atoms with Crippen LogP contribution in [0.1, 0.15) is 16.6 Å². The molecule has 0 saturated heterocycles. The number of anilines is 1. The third kappa shape index (κ3) is 3.00. The third-order valence-electron chi connectivity index (χ3n) is 2.29. The Balaban J connectivity index is 2.52. The molecule has 19 heavy (non-hydrogen) atoms. The van der Waals surface area contributed by atoms with Crippen molar-refractivity contribution in [2.24, 2.45) is 0 Å². The maximum Gasteiger partial charge on any atom is 0.350 e. The van der Waals surface area contributed by atoms with Gasteiger partial charge >= 0.3 is 5.97 Å². The van der Waals surface area contributed by atoms with Gasteiger partial charge in [0, 0.05) is 10.6 Å². The molecule has 0 amide bonds. The van der Waals surface area contributed by atoms with Gasteiger partial charge < -0.3 is 10.5 Å². The van der Waals surface area contributed by atoms with Crippen molar-refractivity contribution in [1.82, 2.24) is 4.98 Å². The van der Waals surface area contributed by atoms with E-state index in [0.717, 1.165) is 11.3 Å². The summed E-state index contributed by atoms with van der Waals surface area (Å²) in [5, 5.41) is 1.20. The van der Waals surface area contributed by atoms with Crippen LogP contribution in [-0.2, 0) is 4.74 Å². The number of hydrogen-bond acceptors (Lipinski definition) is 5. The van der Waals surface area contributed by atoms with Crippen molar-refractivity contribution < 1.29 is 9.53 Å². The van der Waals surface area contributed by atoms with E-state index in [2.05, 4.69) is 4.98 Å². The van der Waals surface area contributed by atoms with Gasteiger partial charge in [-0.15, -0.1) is 0 Å². The maximum absolute atomic E-state index is 11.9. The van der Waals surface area contributed by atoms with Crippen molar-refractivity contribution in [3.05, 3.63) is 33.1 Å². The molecule has 0 aliphatic carbocycles. The third-order valence-corrected chi connectivity index (χ3v) is 3.70. The zero-order valence-electron chi connectivity index (χ0n) is 9.94. The number of hydrogen-bond donors (Lipinski definition) is 1. The highest BCUT2D eigenvalue weighted by Gasteiger charge is 2.21. The number of nitrogens with zero attached hydrogens (tertiary/aromatic N) is 1. The van der Waals surface area contributed by atoms with Crippen molar-refractivity contribution in [2.75, 3.05) is 12.3 Å². The van der Waals surface area contributed by atoms with E-state index in [-0.39, 0.29) is 11.7 Å². The molecule has 0 atom stereocenters. The standard InChI is InChI=1S/C12H10Cl2N2O2S/c1-2-18-11(17)10-9(16-12(15)19-10)7-4-3-6(13)5-8(7)14/h3-5H,2H2,1H3,(H2,15,16). The molecular formula is C12H10Cl2N2O2S. The molecule has 1 aromatic heterocycles. The molecule has 100 valence electrons. The number of carbonyl (C=O) groups is 1. The highest BCUT2D eigenvalue weighted by molar-refractivity contribution is 7.17. The highest BCUT2D eigenvalue weighted by atomic mass is 35.5. The molecule has 0 fully saturated rings. The number of esters is 1. The summed E-state index contributed by atoms with van der Waals surface area (Å²) in [7, 11) is 0. The van der Waals surface area contributed by atoms with Gasteiger partial charge in [-0.05, 0) is 25.1 Å². The fraction of sp³-hybridized carbons (Fsp3) is 0.167. The Kier molecular flexibility index (Phi) is 4.29. The fourth-order valence-electron chi connectivity index (χ4n) is 1.54. The van der Waals surface area contributed by atoms with Gasteiger partial charge in [0.1, 0.15) is 4.88 Å². The van der Waals surface area contributed by atoms with Crippen LogP contribution in [0.25, 0.3) is 11.3 Å². The van der Waals surface area contributed by atoms with Gasteiger partial charge in [0.15, 0.2) is 5.13 Å². The van der Waals surface area contributed by atoms with Crippen molar-refractivity contribution >= 4 is 45.6 Å². The second kappa shape index (κ2) is 5.77. The van der Waals surface area contributed by atoms with Crippen LogP contribution in [0.15, 0.2) is 18.2 Å². The van der Waals surface area contributed by atoms with E-state index in [0.29, 0.717) is 26.2 Å².